The van der Waals surface area contributed by atoms with Gasteiger partial charge < -0.3 is 11.5 Å². The number of carbonyl (C=O) groups excluding carboxylic acids is 1. The standard InChI is InChI=1S/C11H14N4O/c12-9(11(13)16)5-6-15-10-4-2-1-3-8(10)7-14-15/h1-4,7,9H,5-6,12H2,(H2,13,16). The molecule has 1 heterocycles. The van der Waals surface area contributed by atoms with Crippen LogP contribution in [0, 0.1) is 0 Å². The van der Waals surface area contributed by atoms with Crippen LogP contribution in [0.15, 0.2) is 30.5 Å². The Morgan fingerprint density at radius 1 is 1.44 bits per heavy atom. The molecule has 5 nitrogen and oxygen atoms in total. The van der Waals surface area contributed by atoms with E-state index in [1.807, 2.05) is 28.9 Å². The highest BCUT2D eigenvalue weighted by molar-refractivity contribution is 5.80. The molecule has 0 aliphatic rings. The number of primary amides is 1. The maximum Gasteiger partial charge on any atom is 0.234 e. The number of para-hydroxylation sites is 1. The number of benzene rings is 1. The Morgan fingerprint density at radius 2 is 2.19 bits per heavy atom. The number of nitrogens with two attached hydrogens (primary N) is 2. The average Bonchev–Trinajstić information content (AvgIpc) is 2.69. The van der Waals surface area contributed by atoms with Crippen molar-refractivity contribution in [1.29, 1.82) is 0 Å². The summed E-state index contributed by atoms with van der Waals surface area (Å²) < 4.78 is 1.83. The third-order valence-electron chi connectivity index (χ3n) is 2.57. The zero-order valence-electron chi connectivity index (χ0n) is 8.84. The highest BCUT2D eigenvalue weighted by Crippen LogP contribution is 2.12. The van der Waals surface area contributed by atoms with Crippen molar-refractivity contribution in [2.24, 2.45) is 11.5 Å². The molecule has 1 amide bonds. The van der Waals surface area contributed by atoms with E-state index in [1.54, 1.807) is 6.20 Å². The van der Waals surface area contributed by atoms with Crippen LogP contribution in [0.1, 0.15) is 6.42 Å². The van der Waals surface area contributed by atoms with E-state index < -0.39 is 11.9 Å². The van der Waals surface area contributed by atoms with Gasteiger partial charge in [-0.15, -0.1) is 0 Å². The Balaban J connectivity index is 2.13. The number of hydrogen-bond donors (Lipinski definition) is 2. The summed E-state index contributed by atoms with van der Waals surface area (Å²) in [5, 5.41) is 5.31. The van der Waals surface area contributed by atoms with E-state index >= 15 is 0 Å². The van der Waals surface area contributed by atoms with Gasteiger partial charge in [-0.2, -0.15) is 5.10 Å². The van der Waals surface area contributed by atoms with Crippen molar-refractivity contribution < 1.29 is 4.79 Å². The molecule has 0 saturated heterocycles. The predicted molar refractivity (Wildman–Crippen MR) is 61.5 cm³/mol. The first kappa shape index (κ1) is 10.6. The third kappa shape index (κ3) is 2.04. The second-order valence-electron chi connectivity index (χ2n) is 3.72. The molecule has 0 aliphatic carbocycles. The molecule has 0 radical (unpaired) electrons. The van der Waals surface area contributed by atoms with E-state index in [1.165, 1.54) is 0 Å². The first-order valence-corrected chi connectivity index (χ1v) is 5.14. The van der Waals surface area contributed by atoms with Crippen LogP contribution in [-0.4, -0.2) is 21.7 Å². The van der Waals surface area contributed by atoms with Crippen LogP contribution in [0.25, 0.3) is 10.9 Å². The predicted octanol–water partition coefficient (Wildman–Crippen LogP) is 0.239. The Hall–Kier alpha value is -1.88. The molecule has 1 unspecified atom stereocenters. The number of nitrogens with zero attached hydrogens (tertiary/aromatic N) is 2. The minimum absolute atomic E-state index is 0.475. The van der Waals surface area contributed by atoms with Crippen LogP contribution in [-0.2, 0) is 11.3 Å². The van der Waals surface area contributed by atoms with E-state index in [0.29, 0.717) is 13.0 Å². The van der Waals surface area contributed by atoms with E-state index in [9.17, 15) is 4.79 Å². The molecule has 1 aromatic heterocycles. The van der Waals surface area contributed by atoms with Gasteiger partial charge in [0.05, 0.1) is 17.8 Å². The summed E-state index contributed by atoms with van der Waals surface area (Å²) in [6.07, 6.45) is 2.30. The van der Waals surface area contributed by atoms with Crippen LogP contribution in [0.2, 0.25) is 0 Å². The van der Waals surface area contributed by atoms with Crippen LogP contribution >= 0.6 is 0 Å². The van der Waals surface area contributed by atoms with E-state index in [2.05, 4.69) is 5.10 Å². The van der Waals surface area contributed by atoms with E-state index in [0.717, 1.165) is 10.9 Å². The van der Waals surface area contributed by atoms with Crippen molar-refractivity contribution in [2.75, 3.05) is 0 Å². The van der Waals surface area contributed by atoms with Gasteiger partial charge in [-0.3, -0.25) is 9.48 Å². The van der Waals surface area contributed by atoms with Crippen LogP contribution in [0.5, 0.6) is 0 Å². The summed E-state index contributed by atoms with van der Waals surface area (Å²) in [6.45, 7) is 0.595. The van der Waals surface area contributed by atoms with Gasteiger partial charge >= 0.3 is 0 Å². The van der Waals surface area contributed by atoms with Gasteiger partial charge in [0.15, 0.2) is 0 Å². The molecular formula is C11H14N4O. The number of carbonyl (C=O) groups is 1. The minimum atomic E-state index is -0.608. The highest BCUT2D eigenvalue weighted by atomic mass is 16.1. The number of fused-ring (bicyclic) bond motifs is 1. The van der Waals surface area contributed by atoms with Crippen LogP contribution in [0.3, 0.4) is 0 Å². The van der Waals surface area contributed by atoms with E-state index in [4.69, 9.17) is 11.5 Å². The van der Waals surface area contributed by atoms with Gasteiger partial charge in [0.2, 0.25) is 5.91 Å². The molecule has 0 aliphatic heterocycles. The largest absolute Gasteiger partial charge is 0.368 e. The fourth-order valence-electron chi connectivity index (χ4n) is 1.61. The van der Waals surface area contributed by atoms with E-state index in [-0.39, 0.29) is 0 Å². The quantitative estimate of drug-likeness (QED) is 0.770. The van der Waals surface area contributed by atoms with Gasteiger partial charge in [0.25, 0.3) is 0 Å². The number of amides is 1. The summed E-state index contributed by atoms with van der Waals surface area (Å²) in [4.78, 5) is 10.8. The highest BCUT2D eigenvalue weighted by Gasteiger charge is 2.10. The lowest BCUT2D eigenvalue weighted by Gasteiger charge is -2.07. The lowest BCUT2D eigenvalue weighted by atomic mass is 10.2. The normalized spacial score (nSPS) is 12.8. The molecule has 1 atom stereocenters. The second kappa shape index (κ2) is 4.32. The number of aryl methyl sites for hydroxylation is 1. The molecule has 0 bridgehead atoms. The van der Waals surface area contributed by atoms with Crippen LogP contribution < -0.4 is 11.5 Å². The Kier molecular flexibility index (Phi) is 2.87. The Bertz CT molecular complexity index is 505. The fraction of sp³-hybridized carbons (Fsp3) is 0.273. The molecule has 0 spiro atoms. The van der Waals surface area contributed by atoms with Crippen molar-refractivity contribution in [3.63, 3.8) is 0 Å². The smallest absolute Gasteiger partial charge is 0.234 e. The zero-order valence-corrected chi connectivity index (χ0v) is 8.84. The first-order valence-electron chi connectivity index (χ1n) is 5.14. The third-order valence-corrected chi connectivity index (χ3v) is 2.57. The van der Waals surface area contributed by atoms with Crippen molar-refractivity contribution in [2.45, 2.75) is 19.0 Å². The number of aromatic nitrogens is 2. The maximum absolute atomic E-state index is 10.8. The molecule has 4 N–H and O–H groups in total. The molecule has 16 heavy (non-hydrogen) atoms. The molecule has 2 aromatic rings. The molecule has 1 aromatic carbocycles. The summed E-state index contributed by atoms with van der Waals surface area (Å²) in [5.74, 6) is -0.475. The first-order chi connectivity index (χ1) is 7.68. The minimum Gasteiger partial charge on any atom is -0.368 e. The second-order valence-corrected chi connectivity index (χ2v) is 3.72. The lowest BCUT2D eigenvalue weighted by Crippen LogP contribution is -2.37. The van der Waals surface area contributed by atoms with Crippen molar-refractivity contribution in [3.05, 3.63) is 30.5 Å². The Labute approximate surface area is 93.0 Å². The SMILES string of the molecule is NC(=O)C(N)CCn1ncc2ccccc21. The topological polar surface area (TPSA) is 86.9 Å². The zero-order chi connectivity index (χ0) is 11.5. The molecule has 0 saturated carbocycles. The van der Waals surface area contributed by atoms with Gasteiger partial charge in [-0.25, -0.2) is 0 Å². The molecule has 0 fully saturated rings. The van der Waals surface area contributed by atoms with Crippen LogP contribution in [0.4, 0.5) is 0 Å². The molecule has 5 heteroatoms. The fourth-order valence-corrected chi connectivity index (χ4v) is 1.61. The van der Waals surface area contributed by atoms with Gasteiger partial charge in [0, 0.05) is 11.9 Å². The van der Waals surface area contributed by atoms with Crippen molar-refractivity contribution in [1.82, 2.24) is 9.78 Å². The lowest BCUT2D eigenvalue weighted by molar-refractivity contribution is -0.119. The van der Waals surface area contributed by atoms with Gasteiger partial charge in [0.1, 0.15) is 0 Å². The summed E-state index contributed by atoms with van der Waals surface area (Å²) in [6, 6.07) is 7.28. The van der Waals surface area contributed by atoms with Gasteiger partial charge in [-0.1, -0.05) is 18.2 Å². The summed E-state index contributed by atoms with van der Waals surface area (Å²) >= 11 is 0. The maximum atomic E-state index is 10.8. The number of rotatable bonds is 4. The van der Waals surface area contributed by atoms with Crippen molar-refractivity contribution in [3.8, 4) is 0 Å². The monoisotopic (exact) mass is 218 g/mol. The van der Waals surface area contributed by atoms with Gasteiger partial charge in [-0.05, 0) is 12.5 Å². The molecule has 2 rings (SSSR count). The summed E-state index contributed by atoms with van der Waals surface area (Å²) in [5.41, 5.74) is 11.7. The average molecular weight is 218 g/mol. The Morgan fingerprint density at radius 3 is 2.94 bits per heavy atom. The summed E-state index contributed by atoms with van der Waals surface area (Å²) in [7, 11) is 0. The molecule has 84 valence electrons. The molecular weight excluding hydrogens is 204 g/mol. The number of hydrogen-bond acceptors (Lipinski definition) is 3. The van der Waals surface area contributed by atoms with Crippen molar-refractivity contribution >= 4 is 16.8 Å².